The number of nitrogens with one attached hydrogen (secondary N) is 2. The molecule has 3 aromatic rings. The minimum atomic E-state index is -4.64. The van der Waals surface area contributed by atoms with Crippen molar-refractivity contribution < 1.29 is 35.9 Å². The van der Waals surface area contributed by atoms with E-state index in [1.54, 1.807) is 0 Å². The Morgan fingerprint density at radius 2 is 1.74 bits per heavy atom. The normalized spacial score (nSPS) is 12.7. The fourth-order valence-electron chi connectivity index (χ4n) is 2.94. The highest BCUT2D eigenvalue weighted by atomic mass is 32.2. The largest absolute Gasteiger partial charge is 0.481 e. The van der Waals surface area contributed by atoms with Gasteiger partial charge >= 0.3 is 12.2 Å². The van der Waals surface area contributed by atoms with Crippen LogP contribution in [0.15, 0.2) is 41.3 Å². The van der Waals surface area contributed by atoms with E-state index in [1.807, 2.05) is 0 Å². The van der Waals surface area contributed by atoms with Crippen LogP contribution in [0.25, 0.3) is 0 Å². The summed E-state index contributed by atoms with van der Waals surface area (Å²) in [7, 11) is -1.42. The maximum absolute atomic E-state index is 12.9. The first-order valence-electron chi connectivity index (χ1n) is 9.88. The van der Waals surface area contributed by atoms with Crippen molar-refractivity contribution in [1.82, 2.24) is 19.7 Å². The maximum atomic E-state index is 12.9. The second kappa shape index (κ2) is 9.77. The van der Waals surface area contributed by atoms with Crippen LogP contribution >= 0.6 is 0 Å². The molecule has 15 heteroatoms. The topological polar surface area (TPSA) is 137 Å². The van der Waals surface area contributed by atoms with E-state index >= 15 is 0 Å². The zero-order valence-electron chi connectivity index (χ0n) is 18.9. The third kappa shape index (κ3) is 5.98. The fraction of sp³-hybridized carbons (Fsp3) is 0.300. The summed E-state index contributed by atoms with van der Waals surface area (Å²) in [5.41, 5.74) is -0.715. The van der Waals surface area contributed by atoms with Crippen molar-refractivity contribution in [2.24, 2.45) is 0 Å². The van der Waals surface area contributed by atoms with Crippen molar-refractivity contribution in [3.8, 4) is 11.9 Å². The maximum Gasteiger partial charge on any atom is 0.435 e. The van der Waals surface area contributed by atoms with Crippen molar-refractivity contribution in [3.05, 3.63) is 47.8 Å². The summed E-state index contributed by atoms with van der Waals surface area (Å²) in [4.78, 5) is 20.2. The molecule has 35 heavy (non-hydrogen) atoms. The number of carbonyl (C=O) groups excluding carboxylic acids is 1. The number of halogens is 3. The molecule has 3 rings (SSSR count). The number of methoxy groups -OCH3 is 2. The van der Waals surface area contributed by atoms with Crippen LogP contribution in [-0.2, 0) is 21.0 Å². The second-order valence-electron chi connectivity index (χ2n) is 7.19. The number of sulfonamides is 1. The molecule has 2 N–H and O–H groups in total. The number of rotatable bonds is 8. The van der Waals surface area contributed by atoms with Gasteiger partial charge in [-0.25, -0.2) is 8.42 Å². The summed E-state index contributed by atoms with van der Waals surface area (Å²) in [5.74, 6) is -0.650. The molecule has 1 atom stereocenters. The molecular formula is C20H21F3N6O5S. The Hall–Kier alpha value is -3.88. The monoisotopic (exact) mass is 514 g/mol. The van der Waals surface area contributed by atoms with Crippen LogP contribution in [0.1, 0.15) is 24.4 Å². The van der Waals surface area contributed by atoms with Gasteiger partial charge in [0.25, 0.3) is 10.0 Å². The molecule has 2 heterocycles. The number of nitrogens with zero attached hydrogens (tertiary/aromatic N) is 4. The summed E-state index contributed by atoms with van der Waals surface area (Å²) in [6.07, 6.45) is -4.64. The lowest BCUT2D eigenvalue weighted by molar-refractivity contribution is -0.141. The number of aromatic nitrogens is 4. The molecule has 0 saturated heterocycles. The van der Waals surface area contributed by atoms with Crippen molar-refractivity contribution in [2.45, 2.75) is 31.0 Å². The van der Waals surface area contributed by atoms with Crippen LogP contribution < -0.4 is 19.5 Å². The molecule has 2 aromatic heterocycles. The van der Waals surface area contributed by atoms with E-state index in [-0.39, 0.29) is 34.0 Å². The van der Waals surface area contributed by atoms with Gasteiger partial charge < -0.3 is 14.8 Å². The molecule has 0 spiro atoms. The number of hydrogen-bond acceptors (Lipinski definition) is 8. The number of ether oxygens (including phenoxy) is 2. The molecule has 11 nitrogen and oxygen atoms in total. The van der Waals surface area contributed by atoms with Crippen LogP contribution in [0.3, 0.4) is 0 Å². The van der Waals surface area contributed by atoms with Gasteiger partial charge in [-0.1, -0.05) is 0 Å². The predicted molar refractivity (Wildman–Crippen MR) is 118 cm³/mol. The molecule has 0 radical (unpaired) electrons. The molecule has 0 bridgehead atoms. The standard InChI is InChI=1S/C20H21F3N6O5S/c1-11-9-15(20(21,22)23)27-29(11)12(2)18(30)24-13-5-7-14(8-6-13)35(31,32)28-16-10-17(33-3)26-19(25-16)34-4/h5-10,12H,1-4H3,(H,24,30)(H,25,26,28). The lowest BCUT2D eigenvalue weighted by Crippen LogP contribution is -2.25. The average Bonchev–Trinajstić information content (AvgIpc) is 3.20. The number of aryl methyl sites for hydroxylation is 1. The van der Waals surface area contributed by atoms with Crippen molar-refractivity contribution in [3.63, 3.8) is 0 Å². The van der Waals surface area contributed by atoms with Gasteiger partial charge in [0.2, 0.25) is 11.8 Å². The highest BCUT2D eigenvalue weighted by molar-refractivity contribution is 7.92. The van der Waals surface area contributed by atoms with Crippen LogP contribution in [0.4, 0.5) is 24.7 Å². The first kappa shape index (κ1) is 25.7. The third-order valence-corrected chi connectivity index (χ3v) is 6.07. The Morgan fingerprint density at radius 1 is 1.09 bits per heavy atom. The van der Waals surface area contributed by atoms with Gasteiger partial charge in [-0.05, 0) is 44.2 Å². The van der Waals surface area contributed by atoms with E-state index in [2.05, 4.69) is 25.1 Å². The number of carbonyl (C=O) groups is 1. The molecule has 1 unspecified atom stereocenters. The molecule has 1 amide bonds. The molecule has 0 fully saturated rings. The smallest absolute Gasteiger partial charge is 0.435 e. The van der Waals surface area contributed by atoms with Gasteiger partial charge in [0.15, 0.2) is 11.5 Å². The van der Waals surface area contributed by atoms with E-state index < -0.39 is 33.8 Å². The van der Waals surface area contributed by atoms with E-state index in [0.29, 0.717) is 0 Å². The Labute approximate surface area is 198 Å². The lowest BCUT2D eigenvalue weighted by atomic mass is 10.2. The highest BCUT2D eigenvalue weighted by Crippen LogP contribution is 2.29. The van der Waals surface area contributed by atoms with Crippen molar-refractivity contribution >= 4 is 27.4 Å². The van der Waals surface area contributed by atoms with Crippen LogP contribution in [0.5, 0.6) is 11.9 Å². The molecule has 0 aliphatic carbocycles. The van der Waals surface area contributed by atoms with Crippen molar-refractivity contribution in [1.29, 1.82) is 0 Å². The molecule has 1 aromatic carbocycles. The van der Waals surface area contributed by atoms with Crippen LogP contribution in [0.2, 0.25) is 0 Å². The number of alkyl halides is 3. The first-order chi connectivity index (χ1) is 16.3. The molecule has 0 saturated carbocycles. The Balaban J connectivity index is 1.73. The second-order valence-corrected chi connectivity index (χ2v) is 8.87. The summed E-state index contributed by atoms with van der Waals surface area (Å²) < 4.78 is 77.2. The van der Waals surface area contributed by atoms with E-state index in [1.165, 1.54) is 58.4 Å². The highest BCUT2D eigenvalue weighted by Gasteiger charge is 2.35. The Bertz CT molecular complexity index is 1300. The Kier molecular flexibility index (Phi) is 7.19. The van der Waals surface area contributed by atoms with Crippen molar-refractivity contribution in [2.75, 3.05) is 24.3 Å². The summed E-state index contributed by atoms with van der Waals surface area (Å²) in [5, 5.41) is 5.99. The van der Waals surface area contributed by atoms with Gasteiger partial charge in [0.1, 0.15) is 6.04 Å². The summed E-state index contributed by atoms with van der Waals surface area (Å²) in [6, 6.07) is 6.08. The van der Waals surface area contributed by atoms with Crippen LogP contribution in [-0.4, -0.2) is 48.3 Å². The lowest BCUT2D eigenvalue weighted by Gasteiger charge is -2.15. The summed E-state index contributed by atoms with van der Waals surface area (Å²) in [6.45, 7) is 2.80. The first-order valence-corrected chi connectivity index (χ1v) is 11.4. The number of benzene rings is 1. The number of hydrogen-bond donors (Lipinski definition) is 2. The minimum absolute atomic E-state index is 0.0801. The molecule has 0 aliphatic rings. The van der Waals surface area contributed by atoms with E-state index in [4.69, 9.17) is 9.47 Å². The fourth-order valence-corrected chi connectivity index (χ4v) is 3.93. The van der Waals surface area contributed by atoms with Gasteiger partial charge in [-0.3, -0.25) is 14.2 Å². The third-order valence-electron chi connectivity index (χ3n) is 4.70. The van der Waals surface area contributed by atoms with Gasteiger partial charge in [0, 0.05) is 17.4 Å². The predicted octanol–water partition coefficient (Wildman–Crippen LogP) is 3.02. The molecular weight excluding hydrogens is 493 g/mol. The average molecular weight is 514 g/mol. The van der Waals surface area contributed by atoms with E-state index in [0.717, 1.165) is 10.7 Å². The van der Waals surface area contributed by atoms with Gasteiger partial charge in [-0.15, -0.1) is 0 Å². The summed E-state index contributed by atoms with van der Waals surface area (Å²) >= 11 is 0. The Morgan fingerprint density at radius 3 is 2.29 bits per heavy atom. The van der Waals surface area contributed by atoms with E-state index in [9.17, 15) is 26.4 Å². The van der Waals surface area contributed by atoms with Crippen LogP contribution in [0, 0.1) is 6.92 Å². The SMILES string of the molecule is COc1cc(NS(=O)(=O)c2ccc(NC(=O)C(C)n3nc(C(F)(F)F)cc3C)cc2)nc(OC)n1. The molecule has 0 aliphatic heterocycles. The van der Waals surface area contributed by atoms with Gasteiger partial charge in [-0.2, -0.15) is 28.2 Å². The minimum Gasteiger partial charge on any atom is -0.481 e. The quantitative estimate of drug-likeness (QED) is 0.468. The number of amides is 1. The zero-order chi connectivity index (χ0) is 26.0. The zero-order valence-corrected chi connectivity index (χ0v) is 19.7. The number of anilines is 2. The molecule has 188 valence electrons. The van der Waals surface area contributed by atoms with Gasteiger partial charge in [0.05, 0.1) is 19.1 Å².